The van der Waals surface area contributed by atoms with Crippen molar-refractivity contribution in [2.75, 3.05) is 7.11 Å². The molecule has 1 aliphatic rings. The summed E-state index contributed by atoms with van der Waals surface area (Å²) in [4.78, 5) is 11.4. The van der Waals surface area contributed by atoms with Gasteiger partial charge >= 0.3 is 16.2 Å². The fourth-order valence-electron chi connectivity index (χ4n) is 1.44. The first kappa shape index (κ1) is 12.3. The van der Waals surface area contributed by atoms with Crippen LogP contribution in [0.3, 0.4) is 0 Å². The predicted octanol–water partition coefficient (Wildman–Crippen LogP) is 0.381. The minimum absolute atomic E-state index is 0.161. The molecule has 18 heavy (non-hydrogen) atoms. The lowest BCUT2D eigenvalue weighted by atomic mass is 10.1. The van der Waals surface area contributed by atoms with Crippen molar-refractivity contribution >= 4 is 21.9 Å². The van der Waals surface area contributed by atoms with Crippen molar-refractivity contribution in [3.8, 4) is 0 Å². The van der Waals surface area contributed by atoms with Crippen LogP contribution in [0, 0.1) is 0 Å². The van der Waals surface area contributed by atoms with Crippen molar-refractivity contribution in [1.29, 1.82) is 0 Å². The van der Waals surface area contributed by atoms with Gasteiger partial charge in [0.15, 0.2) is 0 Å². The molecule has 1 heterocycles. The van der Waals surface area contributed by atoms with Crippen LogP contribution in [0.15, 0.2) is 46.5 Å². The average molecular weight is 266 g/mol. The average Bonchev–Trinajstić information content (AvgIpc) is 2.37. The van der Waals surface area contributed by atoms with Crippen LogP contribution in [0.5, 0.6) is 0 Å². The molecular weight excluding hydrogens is 256 g/mol. The van der Waals surface area contributed by atoms with E-state index >= 15 is 0 Å². The summed E-state index contributed by atoms with van der Waals surface area (Å²) in [6, 6.07) is 8.69. The monoisotopic (exact) mass is 266 g/mol. The third-order valence-electron chi connectivity index (χ3n) is 2.21. The quantitative estimate of drug-likeness (QED) is 0.784. The van der Waals surface area contributed by atoms with E-state index in [-0.39, 0.29) is 11.4 Å². The number of nitrogens with one attached hydrogen (secondary N) is 1. The number of esters is 1. The molecule has 1 N–H and O–H groups in total. The van der Waals surface area contributed by atoms with Gasteiger partial charge in [0.25, 0.3) is 0 Å². The van der Waals surface area contributed by atoms with Crippen LogP contribution >= 0.6 is 0 Å². The maximum atomic E-state index is 11.5. The number of benzene rings is 1. The minimum atomic E-state index is -3.92. The van der Waals surface area contributed by atoms with Crippen molar-refractivity contribution in [3.05, 3.63) is 47.7 Å². The van der Waals surface area contributed by atoms with Gasteiger partial charge in [0, 0.05) is 5.56 Å². The van der Waals surface area contributed by atoms with Crippen molar-refractivity contribution < 1.29 is 17.9 Å². The van der Waals surface area contributed by atoms with E-state index in [0.717, 1.165) is 0 Å². The van der Waals surface area contributed by atoms with Gasteiger partial charge in [-0.25, -0.2) is 4.79 Å². The van der Waals surface area contributed by atoms with Crippen LogP contribution in [0.25, 0.3) is 0 Å². The minimum Gasteiger partial charge on any atom is -0.464 e. The normalized spacial score (nSPS) is 17.2. The first-order valence-electron chi connectivity index (χ1n) is 5.00. The molecule has 0 aliphatic carbocycles. The maximum absolute atomic E-state index is 11.5. The van der Waals surface area contributed by atoms with E-state index in [4.69, 9.17) is 0 Å². The lowest BCUT2D eigenvalue weighted by molar-refractivity contribution is -0.136. The van der Waals surface area contributed by atoms with Crippen molar-refractivity contribution in [3.63, 3.8) is 0 Å². The third-order valence-corrected chi connectivity index (χ3v) is 3.13. The SMILES string of the molecule is COC(=O)C1=CC(c2ccccc2)=NS(=O)(=O)N1. The molecule has 1 aromatic rings. The van der Waals surface area contributed by atoms with Gasteiger partial charge in [0.2, 0.25) is 0 Å². The lowest BCUT2D eigenvalue weighted by Crippen LogP contribution is -2.31. The van der Waals surface area contributed by atoms with E-state index < -0.39 is 16.2 Å². The molecule has 6 nitrogen and oxygen atoms in total. The Bertz CT molecular complexity index is 632. The van der Waals surface area contributed by atoms with Crippen LogP contribution in [0.4, 0.5) is 0 Å². The summed E-state index contributed by atoms with van der Waals surface area (Å²) >= 11 is 0. The van der Waals surface area contributed by atoms with Crippen LogP contribution in [-0.2, 0) is 19.7 Å². The molecular formula is C11H10N2O4S. The molecule has 1 aromatic carbocycles. The molecule has 0 atom stereocenters. The summed E-state index contributed by atoms with van der Waals surface area (Å²) in [6.45, 7) is 0. The third kappa shape index (κ3) is 2.57. The number of carbonyl (C=O) groups excluding carboxylic acids is 1. The Morgan fingerprint density at radius 3 is 2.56 bits per heavy atom. The smallest absolute Gasteiger partial charge is 0.355 e. The van der Waals surface area contributed by atoms with Crippen molar-refractivity contribution in [2.45, 2.75) is 0 Å². The highest BCUT2D eigenvalue weighted by Crippen LogP contribution is 2.12. The molecule has 0 radical (unpaired) electrons. The second-order valence-electron chi connectivity index (χ2n) is 3.47. The van der Waals surface area contributed by atoms with Gasteiger partial charge in [-0.15, -0.1) is 4.40 Å². The van der Waals surface area contributed by atoms with Crippen molar-refractivity contribution in [1.82, 2.24) is 4.72 Å². The topological polar surface area (TPSA) is 84.8 Å². The molecule has 0 bridgehead atoms. The number of hydrogen-bond donors (Lipinski definition) is 1. The summed E-state index contributed by atoms with van der Waals surface area (Å²) < 4.78 is 33.1. The summed E-state index contributed by atoms with van der Waals surface area (Å²) in [7, 11) is -2.74. The van der Waals surface area contributed by atoms with Gasteiger partial charge < -0.3 is 4.74 Å². The zero-order chi connectivity index (χ0) is 13.2. The molecule has 0 aromatic heterocycles. The summed E-state index contributed by atoms with van der Waals surface area (Å²) in [5, 5.41) is 0. The number of rotatable bonds is 2. The Labute approximate surface area is 104 Å². The highest BCUT2D eigenvalue weighted by atomic mass is 32.2. The van der Waals surface area contributed by atoms with Crippen LogP contribution in [0.1, 0.15) is 5.56 Å². The largest absolute Gasteiger partial charge is 0.464 e. The van der Waals surface area contributed by atoms with Crippen molar-refractivity contribution in [2.24, 2.45) is 4.40 Å². The molecule has 2 rings (SSSR count). The zero-order valence-electron chi connectivity index (χ0n) is 9.45. The number of carbonyl (C=O) groups is 1. The van der Waals surface area contributed by atoms with E-state index in [0.29, 0.717) is 5.56 Å². The molecule has 94 valence electrons. The maximum Gasteiger partial charge on any atom is 0.355 e. The number of ether oxygens (including phenoxy) is 1. The second-order valence-corrected chi connectivity index (χ2v) is 4.81. The molecule has 0 spiro atoms. The van der Waals surface area contributed by atoms with Crippen LogP contribution in [-0.4, -0.2) is 27.2 Å². The zero-order valence-corrected chi connectivity index (χ0v) is 10.3. The molecule has 0 saturated heterocycles. The van der Waals surface area contributed by atoms with Gasteiger partial charge in [0.05, 0.1) is 12.8 Å². The Morgan fingerprint density at radius 2 is 1.94 bits per heavy atom. The number of nitrogens with zero attached hydrogens (tertiary/aromatic N) is 1. The first-order chi connectivity index (χ1) is 8.52. The van der Waals surface area contributed by atoms with Gasteiger partial charge in [-0.3, -0.25) is 4.72 Å². The van der Waals surface area contributed by atoms with Gasteiger partial charge in [-0.2, -0.15) is 8.42 Å². The van der Waals surface area contributed by atoms with E-state index in [9.17, 15) is 13.2 Å². The first-order valence-corrected chi connectivity index (χ1v) is 6.44. The summed E-state index contributed by atoms with van der Waals surface area (Å²) in [5.74, 6) is -0.762. The van der Waals surface area contributed by atoms with Gasteiger partial charge in [-0.1, -0.05) is 30.3 Å². The highest BCUT2D eigenvalue weighted by molar-refractivity contribution is 7.88. The Kier molecular flexibility index (Phi) is 3.15. The Morgan fingerprint density at radius 1 is 1.28 bits per heavy atom. The van der Waals surface area contributed by atoms with E-state index in [2.05, 4.69) is 9.13 Å². The van der Waals surface area contributed by atoms with E-state index in [1.165, 1.54) is 13.2 Å². The van der Waals surface area contributed by atoms with Crippen LogP contribution < -0.4 is 4.72 Å². The number of hydrogen-bond acceptors (Lipinski definition) is 4. The summed E-state index contributed by atoms with van der Waals surface area (Å²) in [6.07, 6.45) is 1.34. The molecule has 0 saturated carbocycles. The fourth-order valence-corrected chi connectivity index (χ4v) is 2.32. The molecule has 0 unspecified atom stereocenters. The lowest BCUT2D eigenvalue weighted by Gasteiger charge is -2.13. The molecule has 0 amide bonds. The Balaban J connectivity index is 2.49. The summed E-state index contributed by atoms with van der Waals surface area (Å²) in [5.41, 5.74) is 0.630. The standard InChI is InChI=1S/C11H10N2O4S/c1-17-11(14)10-7-9(12-18(15,16)13-10)8-5-3-2-4-6-8/h2-7,13H,1H3. The Hall–Kier alpha value is -2.15. The number of methoxy groups -OCH3 is 1. The number of allylic oxidation sites excluding steroid dienone is 1. The van der Waals surface area contributed by atoms with Gasteiger partial charge in [0.1, 0.15) is 5.70 Å². The predicted molar refractivity (Wildman–Crippen MR) is 65.1 cm³/mol. The molecule has 7 heteroatoms. The fraction of sp³-hybridized carbons (Fsp3) is 0.0909. The van der Waals surface area contributed by atoms with E-state index in [1.807, 2.05) is 4.72 Å². The molecule has 0 fully saturated rings. The van der Waals surface area contributed by atoms with Gasteiger partial charge in [-0.05, 0) is 6.08 Å². The second kappa shape index (κ2) is 4.61. The molecule has 1 aliphatic heterocycles. The van der Waals surface area contributed by atoms with Crippen LogP contribution in [0.2, 0.25) is 0 Å². The van der Waals surface area contributed by atoms with E-state index in [1.54, 1.807) is 30.3 Å². The highest BCUT2D eigenvalue weighted by Gasteiger charge is 2.23.